The molecule has 0 aromatic heterocycles. The minimum Gasteiger partial charge on any atom is -0.481 e. The molecule has 9 N–H and O–H groups in total. The molecule has 5 atom stereocenters. The maximum Gasteiger partial charge on any atom is 0.326 e. The first-order chi connectivity index (χ1) is 16.5. The second-order valence-corrected chi connectivity index (χ2v) is 9.42. The Balaban J connectivity index is 5.52. The summed E-state index contributed by atoms with van der Waals surface area (Å²) in [4.78, 5) is 60.7. The molecule has 0 bridgehead atoms. The Morgan fingerprint density at radius 1 is 0.857 bits per heavy atom. The number of carboxylic acid groups (broad SMARTS) is 2. The first kappa shape index (κ1) is 32.6. The van der Waals surface area contributed by atoms with E-state index in [1.165, 1.54) is 11.8 Å². The zero-order chi connectivity index (χ0) is 27.0. The summed E-state index contributed by atoms with van der Waals surface area (Å²) in [7, 11) is 0. The zero-order valence-electron chi connectivity index (χ0n) is 20.7. The maximum atomic E-state index is 13.1. The first-order valence-corrected chi connectivity index (χ1v) is 13.2. The van der Waals surface area contributed by atoms with Crippen LogP contribution >= 0.6 is 11.8 Å². The molecule has 0 saturated carbocycles. The predicted octanol–water partition coefficient (Wildman–Crippen LogP) is -0.354. The van der Waals surface area contributed by atoms with Gasteiger partial charge in [-0.15, -0.1) is 0 Å². The van der Waals surface area contributed by atoms with E-state index in [1.807, 2.05) is 20.1 Å². The molecule has 0 aliphatic carbocycles. The highest BCUT2D eigenvalue weighted by Gasteiger charge is 2.30. The van der Waals surface area contributed by atoms with E-state index < -0.39 is 60.2 Å². The van der Waals surface area contributed by atoms with E-state index in [0.717, 1.165) is 0 Å². The Morgan fingerprint density at radius 3 is 1.89 bits per heavy atom. The third kappa shape index (κ3) is 13.3. The predicted molar refractivity (Wildman–Crippen MR) is 134 cm³/mol. The van der Waals surface area contributed by atoms with Crippen LogP contribution in [0.4, 0.5) is 0 Å². The quantitative estimate of drug-likeness (QED) is 0.110. The summed E-state index contributed by atoms with van der Waals surface area (Å²) in [5.41, 5.74) is 11.5. The molecule has 0 aromatic rings. The average Bonchev–Trinajstić information content (AvgIpc) is 2.81. The second kappa shape index (κ2) is 18.0. The molecule has 0 aliphatic heterocycles. The number of hydrogen-bond donors (Lipinski definition) is 7. The highest BCUT2D eigenvalue weighted by molar-refractivity contribution is 7.98. The van der Waals surface area contributed by atoms with E-state index in [0.29, 0.717) is 38.0 Å². The van der Waals surface area contributed by atoms with E-state index in [1.54, 1.807) is 0 Å². The van der Waals surface area contributed by atoms with Gasteiger partial charge in [-0.1, -0.05) is 20.3 Å². The van der Waals surface area contributed by atoms with Crippen LogP contribution < -0.4 is 27.4 Å². The summed E-state index contributed by atoms with van der Waals surface area (Å²) < 4.78 is 0. The number of nitrogens with one attached hydrogen (secondary N) is 3. The fraction of sp³-hybridized carbons (Fsp3) is 0.773. The van der Waals surface area contributed by atoms with Crippen molar-refractivity contribution in [3.63, 3.8) is 0 Å². The number of thioether (sulfide) groups is 1. The van der Waals surface area contributed by atoms with Gasteiger partial charge in [-0.05, 0) is 56.6 Å². The van der Waals surface area contributed by atoms with Crippen LogP contribution in [-0.4, -0.2) is 82.6 Å². The van der Waals surface area contributed by atoms with Crippen molar-refractivity contribution in [2.24, 2.45) is 17.4 Å². The van der Waals surface area contributed by atoms with Crippen LogP contribution in [0.5, 0.6) is 0 Å². The lowest BCUT2D eigenvalue weighted by Gasteiger charge is -2.26. The van der Waals surface area contributed by atoms with Gasteiger partial charge in [-0.3, -0.25) is 19.2 Å². The molecule has 35 heavy (non-hydrogen) atoms. The topological polar surface area (TPSA) is 214 Å². The van der Waals surface area contributed by atoms with Gasteiger partial charge < -0.3 is 37.6 Å². The summed E-state index contributed by atoms with van der Waals surface area (Å²) in [6.45, 7) is 4.11. The molecule has 0 radical (unpaired) electrons. The van der Waals surface area contributed by atoms with E-state index in [4.69, 9.17) is 16.6 Å². The smallest absolute Gasteiger partial charge is 0.326 e. The van der Waals surface area contributed by atoms with E-state index >= 15 is 0 Å². The van der Waals surface area contributed by atoms with Crippen LogP contribution in [0.15, 0.2) is 0 Å². The highest BCUT2D eigenvalue weighted by atomic mass is 32.2. The standard InChI is InChI=1S/C22H41N5O7S/c1-4-13(2)18(24)21(32)26-15(10-12-35-3)20(31)25-14(7-5-6-11-23)19(30)27-16(22(33)34)8-9-17(28)29/h13-16,18H,4-12,23-24H2,1-3H3,(H,25,31)(H,26,32)(H,27,30)(H,28,29)(H,33,34). The van der Waals surface area contributed by atoms with Crippen LogP contribution in [0, 0.1) is 5.92 Å². The van der Waals surface area contributed by atoms with Gasteiger partial charge >= 0.3 is 11.9 Å². The molecule has 0 aliphatic rings. The SMILES string of the molecule is CCC(C)C(N)C(=O)NC(CCSC)C(=O)NC(CCCCN)C(=O)NC(CCC(=O)O)C(=O)O. The lowest BCUT2D eigenvalue weighted by molar-refractivity contribution is -0.143. The zero-order valence-corrected chi connectivity index (χ0v) is 21.6. The van der Waals surface area contributed by atoms with Crippen LogP contribution in [-0.2, 0) is 24.0 Å². The third-order valence-corrected chi connectivity index (χ3v) is 6.29. The van der Waals surface area contributed by atoms with Crippen molar-refractivity contribution in [1.29, 1.82) is 0 Å². The minimum absolute atomic E-state index is 0.0900. The summed E-state index contributed by atoms with van der Waals surface area (Å²) in [5.74, 6) is -3.90. The Kier molecular flexibility index (Phi) is 16.7. The molecular weight excluding hydrogens is 478 g/mol. The normalized spacial score (nSPS) is 15.2. The van der Waals surface area contributed by atoms with Crippen molar-refractivity contribution in [3.8, 4) is 0 Å². The molecule has 0 spiro atoms. The molecular formula is C22H41N5O7S. The van der Waals surface area contributed by atoms with Crippen molar-refractivity contribution in [3.05, 3.63) is 0 Å². The summed E-state index contributed by atoms with van der Waals surface area (Å²) in [6, 6.07) is -4.23. The molecule has 0 aromatic carbocycles. The van der Waals surface area contributed by atoms with Crippen molar-refractivity contribution < 1.29 is 34.2 Å². The molecule has 202 valence electrons. The van der Waals surface area contributed by atoms with Crippen LogP contribution in [0.2, 0.25) is 0 Å². The molecule has 0 saturated heterocycles. The number of aliphatic carboxylic acids is 2. The minimum atomic E-state index is -1.42. The van der Waals surface area contributed by atoms with Crippen LogP contribution in [0.25, 0.3) is 0 Å². The van der Waals surface area contributed by atoms with E-state index in [-0.39, 0.29) is 18.8 Å². The van der Waals surface area contributed by atoms with Gasteiger partial charge in [0.25, 0.3) is 0 Å². The van der Waals surface area contributed by atoms with E-state index in [9.17, 15) is 29.1 Å². The number of rotatable bonds is 19. The number of amides is 3. The Morgan fingerprint density at radius 2 is 1.40 bits per heavy atom. The van der Waals surface area contributed by atoms with Crippen LogP contribution in [0.3, 0.4) is 0 Å². The average molecular weight is 520 g/mol. The van der Waals surface area contributed by atoms with Crippen molar-refractivity contribution in [2.75, 3.05) is 18.6 Å². The number of unbranched alkanes of at least 4 members (excludes halogenated alkanes) is 1. The molecule has 0 heterocycles. The Hall–Kier alpha value is -2.38. The monoisotopic (exact) mass is 519 g/mol. The lowest BCUT2D eigenvalue weighted by atomic mass is 9.99. The van der Waals surface area contributed by atoms with Gasteiger partial charge in [0.05, 0.1) is 6.04 Å². The fourth-order valence-corrected chi connectivity index (χ4v) is 3.59. The van der Waals surface area contributed by atoms with Gasteiger partial charge in [0.1, 0.15) is 18.1 Å². The number of carbonyl (C=O) groups is 5. The van der Waals surface area contributed by atoms with Gasteiger partial charge in [0.15, 0.2) is 0 Å². The van der Waals surface area contributed by atoms with Gasteiger partial charge in [0, 0.05) is 6.42 Å². The molecule has 0 rings (SSSR count). The Labute approximate surface area is 210 Å². The number of nitrogens with two attached hydrogens (primary N) is 2. The summed E-state index contributed by atoms with van der Waals surface area (Å²) in [6.07, 6.45) is 3.36. The molecule has 0 fully saturated rings. The molecule has 12 nitrogen and oxygen atoms in total. The van der Waals surface area contributed by atoms with Gasteiger partial charge in [0.2, 0.25) is 17.7 Å². The molecule has 13 heteroatoms. The molecule has 3 amide bonds. The molecule has 5 unspecified atom stereocenters. The Bertz CT molecular complexity index is 710. The largest absolute Gasteiger partial charge is 0.481 e. The highest BCUT2D eigenvalue weighted by Crippen LogP contribution is 2.09. The fourth-order valence-electron chi connectivity index (χ4n) is 3.12. The third-order valence-electron chi connectivity index (χ3n) is 5.64. The van der Waals surface area contributed by atoms with Crippen molar-refractivity contribution >= 4 is 41.4 Å². The summed E-state index contributed by atoms with van der Waals surface area (Å²) in [5, 5.41) is 25.8. The number of carbonyl (C=O) groups excluding carboxylic acids is 3. The van der Waals surface area contributed by atoms with Crippen molar-refractivity contribution in [2.45, 2.75) is 83.0 Å². The second-order valence-electron chi connectivity index (χ2n) is 8.43. The van der Waals surface area contributed by atoms with Crippen LogP contribution in [0.1, 0.15) is 58.8 Å². The number of carboxylic acids is 2. The van der Waals surface area contributed by atoms with E-state index in [2.05, 4.69) is 16.0 Å². The number of hydrogen-bond acceptors (Lipinski definition) is 8. The first-order valence-electron chi connectivity index (χ1n) is 11.8. The van der Waals surface area contributed by atoms with Crippen molar-refractivity contribution in [1.82, 2.24) is 16.0 Å². The maximum absolute atomic E-state index is 13.1. The van der Waals surface area contributed by atoms with Gasteiger partial charge in [-0.25, -0.2) is 4.79 Å². The van der Waals surface area contributed by atoms with Gasteiger partial charge in [-0.2, -0.15) is 11.8 Å². The lowest BCUT2D eigenvalue weighted by Crippen LogP contribution is -2.57. The summed E-state index contributed by atoms with van der Waals surface area (Å²) >= 11 is 1.49.